The Balaban J connectivity index is 1.97. The maximum Gasteiger partial charge on any atom is 0.228 e. The van der Waals surface area contributed by atoms with E-state index in [2.05, 4.69) is 13.8 Å². The van der Waals surface area contributed by atoms with E-state index in [1.54, 1.807) is 0 Å². The van der Waals surface area contributed by atoms with Gasteiger partial charge in [0.05, 0.1) is 4.99 Å². The van der Waals surface area contributed by atoms with Gasteiger partial charge in [0.2, 0.25) is 5.91 Å². The summed E-state index contributed by atoms with van der Waals surface area (Å²) in [4.78, 5) is 15.4. The van der Waals surface area contributed by atoms with Crippen molar-refractivity contribution in [2.75, 3.05) is 13.1 Å². The van der Waals surface area contributed by atoms with Gasteiger partial charge in [-0.1, -0.05) is 45.3 Å². The van der Waals surface area contributed by atoms with Gasteiger partial charge in [0.25, 0.3) is 0 Å². The van der Waals surface area contributed by atoms with Crippen molar-refractivity contribution >= 4 is 23.1 Å². The van der Waals surface area contributed by atoms with E-state index in [4.69, 9.17) is 18.0 Å². The van der Waals surface area contributed by atoms with Crippen molar-refractivity contribution in [1.29, 1.82) is 0 Å². The molecule has 0 radical (unpaired) electrons. The molecule has 0 spiro atoms. The lowest BCUT2D eigenvalue weighted by Crippen LogP contribution is -2.51. The Bertz CT molecular complexity index is 366. The molecular weight excluding hydrogens is 256 g/mol. The van der Waals surface area contributed by atoms with Crippen molar-refractivity contribution in [3.8, 4) is 0 Å². The molecule has 2 fully saturated rings. The number of thiocarbonyl (C=S) groups is 1. The molecule has 0 bridgehead atoms. The van der Waals surface area contributed by atoms with Gasteiger partial charge in [0, 0.05) is 23.9 Å². The molecule has 19 heavy (non-hydrogen) atoms. The number of hydrogen-bond donors (Lipinski definition) is 1. The molecule has 0 aromatic rings. The van der Waals surface area contributed by atoms with E-state index in [9.17, 15) is 4.79 Å². The predicted octanol–water partition coefficient (Wildman–Crippen LogP) is 2.87. The minimum atomic E-state index is -0.116. The Morgan fingerprint density at radius 2 is 1.53 bits per heavy atom. The van der Waals surface area contributed by atoms with E-state index in [-0.39, 0.29) is 10.8 Å². The van der Waals surface area contributed by atoms with E-state index in [1.807, 2.05) is 4.90 Å². The van der Waals surface area contributed by atoms with E-state index in [0.717, 1.165) is 38.8 Å². The maximum absolute atomic E-state index is 12.7. The zero-order chi connectivity index (χ0) is 14.1. The summed E-state index contributed by atoms with van der Waals surface area (Å²) in [7, 11) is 0. The number of carbonyl (C=O) groups is 1. The molecule has 1 saturated carbocycles. The fraction of sp³-hybridized carbons (Fsp3) is 0.867. The number of hydrogen-bond acceptors (Lipinski definition) is 2. The predicted molar refractivity (Wildman–Crippen MR) is 81.9 cm³/mol. The van der Waals surface area contributed by atoms with Gasteiger partial charge in [-0.15, -0.1) is 0 Å². The average molecular weight is 282 g/mol. The molecule has 1 aliphatic heterocycles. The second-order valence-corrected chi connectivity index (χ2v) is 7.28. The molecule has 2 N–H and O–H groups in total. The van der Waals surface area contributed by atoms with Crippen LogP contribution >= 0.6 is 12.2 Å². The monoisotopic (exact) mass is 282 g/mol. The van der Waals surface area contributed by atoms with Crippen LogP contribution in [0.4, 0.5) is 0 Å². The van der Waals surface area contributed by atoms with Gasteiger partial charge in [-0.05, 0) is 25.7 Å². The van der Waals surface area contributed by atoms with Crippen LogP contribution in [0.2, 0.25) is 0 Å². The molecule has 1 heterocycles. The first-order valence-corrected chi connectivity index (χ1v) is 7.88. The van der Waals surface area contributed by atoms with E-state index in [1.165, 1.54) is 19.3 Å². The van der Waals surface area contributed by atoms with Crippen molar-refractivity contribution in [2.45, 2.75) is 58.8 Å². The quantitative estimate of drug-likeness (QED) is 0.792. The third kappa shape index (κ3) is 2.93. The van der Waals surface area contributed by atoms with Crippen LogP contribution < -0.4 is 5.73 Å². The number of piperidine rings is 1. The molecule has 1 amide bonds. The molecule has 4 heteroatoms. The van der Waals surface area contributed by atoms with E-state index < -0.39 is 0 Å². The van der Waals surface area contributed by atoms with Crippen LogP contribution in [0.25, 0.3) is 0 Å². The number of nitrogens with two attached hydrogens (primary N) is 1. The fourth-order valence-corrected chi connectivity index (χ4v) is 3.58. The van der Waals surface area contributed by atoms with Crippen LogP contribution in [0.5, 0.6) is 0 Å². The Morgan fingerprint density at radius 3 is 2.00 bits per heavy atom. The van der Waals surface area contributed by atoms with Gasteiger partial charge in [0.1, 0.15) is 0 Å². The molecule has 2 aliphatic rings. The summed E-state index contributed by atoms with van der Waals surface area (Å²) in [6, 6.07) is 0. The highest BCUT2D eigenvalue weighted by molar-refractivity contribution is 7.80. The van der Waals surface area contributed by atoms with E-state index >= 15 is 0 Å². The second kappa shape index (κ2) is 5.39. The first-order valence-electron chi connectivity index (χ1n) is 7.47. The summed E-state index contributed by atoms with van der Waals surface area (Å²) in [5.41, 5.74) is 5.65. The number of nitrogens with zero attached hydrogens (tertiary/aromatic N) is 1. The number of carbonyl (C=O) groups excluding carboxylic acids is 1. The third-order valence-corrected chi connectivity index (χ3v) is 5.72. The molecule has 1 saturated heterocycles. The molecule has 0 unspecified atom stereocenters. The van der Waals surface area contributed by atoms with Crippen LogP contribution in [0.3, 0.4) is 0 Å². The van der Waals surface area contributed by atoms with Gasteiger partial charge in [-0.25, -0.2) is 0 Å². The summed E-state index contributed by atoms with van der Waals surface area (Å²) in [5, 5.41) is 0. The molecule has 3 nitrogen and oxygen atoms in total. The zero-order valence-electron chi connectivity index (χ0n) is 12.2. The summed E-state index contributed by atoms with van der Waals surface area (Å²) < 4.78 is 0. The Kier molecular flexibility index (Phi) is 4.19. The maximum atomic E-state index is 12.7. The minimum absolute atomic E-state index is 0.0560. The summed E-state index contributed by atoms with van der Waals surface area (Å²) in [6.45, 7) is 5.89. The molecule has 0 aromatic carbocycles. The lowest BCUT2D eigenvalue weighted by Gasteiger charge is -2.43. The van der Waals surface area contributed by atoms with Gasteiger partial charge >= 0.3 is 0 Å². The molecule has 108 valence electrons. The van der Waals surface area contributed by atoms with Crippen LogP contribution in [0.15, 0.2) is 0 Å². The second-order valence-electron chi connectivity index (χ2n) is 6.84. The van der Waals surface area contributed by atoms with Crippen LogP contribution in [0, 0.1) is 10.8 Å². The summed E-state index contributed by atoms with van der Waals surface area (Å²) >= 11 is 5.15. The molecule has 0 aromatic heterocycles. The van der Waals surface area contributed by atoms with Crippen molar-refractivity contribution < 1.29 is 4.79 Å². The van der Waals surface area contributed by atoms with Crippen LogP contribution in [-0.4, -0.2) is 28.9 Å². The normalized spacial score (nSPS) is 25.9. The summed E-state index contributed by atoms with van der Waals surface area (Å²) in [6.07, 6.45) is 7.59. The summed E-state index contributed by atoms with van der Waals surface area (Å²) in [5.74, 6) is 0.359. The van der Waals surface area contributed by atoms with Crippen molar-refractivity contribution in [3.05, 3.63) is 0 Å². The highest BCUT2D eigenvalue weighted by Gasteiger charge is 2.41. The van der Waals surface area contributed by atoms with E-state index in [0.29, 0.717) is 10.9 Å². The molecule has 0 atom stereocenters. The number of amides is 1. The lowest BCUT2D eigenvalue weighted by molar-refractivity contribution is -0.144. The third-order valence-electron chi connectivity index (χ3n) is 5.22. The Hall–Kier alpha value is -0.640. The smallest absolute Gasteiger partial charge is 0.228 e. The first-order chi connectivity index (χ1) is 8.87. The Labute approximate surface area is 121 Å². The molecular formula is C15H26N2OS. The van der Waals surface area contributed by atoms with Gasteiger partial charge < -0.3 is 10.6 Å². The van der Waals surface area contributed by atoms with Crippen molar-refractivity contribution in [3.63, 3.8) is 0 Å². The zero-order valence-corrected chi connectivity index (χ0v) is 13.0. The largest absolute Gasteiger partial charge is 0.393 e. The topological polar surface area (TPSA) is 46.3 Å². The van der Waals surface area contributed by atoms with Crippen molar-refractivity contribution in [2.24, 2.45) is 16.6 Å². The minimum Gasteiger partial charge on any atom is -0.393 e. The Morgan fingerprint density at radius 1 is 1.00 bits per heavy atom. The van der Waals surface area contributed by atoms with Gasteiger partial charge in [0.15, 0.2) is 0 Å². The molecule has 2 rings (SSSR count). The standard InChI is InChI=1S/C15H26N2OS/c1-14(12(16)19)8-10-17(11-9-14)13(18)15(2)6-4-3-5-7-15/h3-11H2,1-2H3,(H2,16,19). The lowest BCUT2D eigenvalue weighted by atomic mass is 9.73. The highest BCUT2D eigenvalue weighted by Crippen LogP contribution is 2.39. The van der Waals surface area contributed by atoms with Crippen LogP contribution in [-0.2, 0) is 4.79 Å². The highest BCUT2D eigenvalue weighted by atomic mass is 32.1. The fourth-order valence-electron chi connectivity index (χ4n) is 3.38. The first kappa shape index (κ1) is 14.8. The molecule has 1 aliphatic carbocycles. The van der Waals surface area contributed by atoms with Crippen molar-refractivity contribution in [1.82, 2.24) is 4.90 Å². The number of likely N-dealkylation sites (tertiary alicyclic amines) is 1. The number of rotatable bonds is 2. The van der Waals surface area contributed by atoms with Crippen LogP contribution in [0.1, 0.15) is 58.8 Å². The van der Waals surface area contributed by atoms with Gasteiger partial charge in [-0.3, -0.25) is 4.79 Å². The average Bonchev–Trinajstić information content (AvgIpc) is 2.39. The van der Waals surface area contributed by atoms with Gasteiger partial charge in [-0.2, -0.15) is 0 Å². The SMILES string of the molecule is CC1(C(=O)N2CCC(C)(C(N)=S)CC2)CCCCC1.